The first-order valence-electron chi connectivity index (χ1n) is 7.26. The first kappa shape index (κ1) is 15.9. The van der Waals surface area contributed by atoms with E-state index in [4.69, 9.17) is 0 Å². The molecular formula is C16H23FN2O2. The van der Waals surface area contributed by atoms with Crippen molar-refractivity contribution >= 4 is 11.5 Å². The van der Waals surface area contributed by atoms with E-state index >= 15 is 0 Å². The summed E-state index contributed by atoms with van der Waals surface area (Å²) < 4.78 is 13.3. The van der Waals surface area contributed by atoms with Gasteiger partial charge in [-0.15, -0.1) is 0 Å². The Kier molecular flexibility index (Phi) is 4.64. The number of Topliss-reactive ketones (excluding diaryl/α,β-unsaturated/α-hetero) is 1. The third-order valence-electron chi connectivity index (χ3n) is 3.66. The molecule has 0 atom stereocenters. The Morgan fingerprint density at radius 1 is 1.29 bits per heavy atom. The molecule has 21 heavy (non-hydrogen) atoms. The summed E-state index contributed by atoms with van der Waals surface area (Å²) in [6.07, 6.45) is 0. The fourth-order valence-corrected chi connectivity index (χ4v) is 2.76. The Hall–Kier alpha value is -1.46. The molecular weight excluding hydrogens is 271 g/mol. The second kappa shape index (κ2) is 6.12. The van der Waals surface area contributed by atoms with Crippen molar-refractivity contribution in [2.45, 2.75) is 26.4 Å². The van der Waals surface area contributed by atoms with Gasteiger partial charge in [0.2, 0.25) is 0 Å². The molecule has 1 saturated heterocycles. The quantitative estimate of drug-likeness (QED) is 0.862. The van der Waals surface area contributed by atoms with Crippen LogP contribution in [0.3, 0.4) is 0 Å². The average molecular weight is 294 g/mol. The van der Waals surface area contributed by atoms with E-state index in [1.54, 1.807) is 19.9 Å². The van der Waals surface area contributed by atoms with E-state index < -0.39 is 5.60 Å². The van der Waals surface area contributed by atoms with Gasteiger partial charge in [-0.05, 0) is 39.0 Å². The van der Waals surface area contributed by atoms with E-state index in [2.05, 4.69) is 9.80 Å². The van der Waals surface area contributed by atoms with Gasteiger partial charge in [0, 0.05) is 44.0 Å². The molecule has 1 N–H and O–H groups in total. The number of piperazine rings is 1. The minimum absolute atomic E-state index is 0.122. The zero-order valence-electron chi connectivity index (χ0n) is 12.9. The number of anilines is 1. The highest BCUT2D eigenvalue weighted by Crippen LogP contribution is 2.24. The van der Waals surface area contributed by atoms with Gasteiger partial charge in [0.15, 0.2) is 5.78 Å². The molecule has 1 heterocycles. The maximum Gasteiger partial charge on any atom is 0.161 e. The summed E-state index contributed by atoms with van der Waals surface area (Å²) in [6.45, 7) is 8.86. The number of carbonyl (C=O) groups excluding carboxylic acids is 1. The molecule has 0 unspecified atom stereocenters. The lowest BCUT2D eigenvalue weighted by molar-refractivity contribution is 0.0345. The molecule has 5 heteroatoms. The van der Waals surface area contributed by atoms with Gasteiger partial charge in [-0.1, -0.05) is 0 Å². The Labute approximate surface area is 125 Å². The molecule has 116 valence electrons. The smallest absolute Gasteiger partial charge is 0.161 e. The highest BCUT2D eigenvalue weighted by atomic mass is 19.1. The van der Waals surface area contributed by atoms with Gasteiger partial charge in [0.1, 0.15) is 5.82 Å². The second-order valence-electron chi connectivity index (χ2n) is 6.29. The first-order chi connectivity index (χ1) is 9.76. The van der Waals surface area contributed by atoms with Gasteiger partial charge >= 0.3 is 0 Å². The van der Waals surface area contributed by atoms with Crippen molar-refractivity contribution in [3.8, 4) is 0 Å². The van der Waals surface area contributed by atoms with Crippen LogP contribution in [0, 0.1) is 5.82 Å². The number of hydrogen-bond donors (Lipinski definition) is 1. The number of aliphatic hydroxyl groups is 1. The normalized spacial score (nSPS) is 17.1. The summed E-state index contributed by atoms with van der Waals surface area (Å²) in [5.41, 5.74) is 0.528. The van der Waals surface area contributed by atoms with E-state index in [0.717, 1.165) is 31.9 Å². The topological polar surface area (TPSA) is 43.8 Å². The molecule has 1 aliphatic heterocycles. The number of β-amino-alcohol motifs (C(OH)–C–C–N with tert-alkyl or cyclic N) is 1. The van der Waals surface area contributed by atoms with Crippen molar-refractivity contribution in [3.05, 3.63) is 29.6 Å². The van der Waals surface area contributed by atoms with E-state index in [1.165, 1.54) is 19.1 Å². The lowest BCUT2D eigenvalue weighted by atomic mass is 10.1. The van der Waals surface area contributed by atoms with Crippen LogP contribution in [0.5, 0.6) is 0 Å². The molecule has 1 aliphatic rings. The van der Waals surface area contributed by atoms with Crippen molar-refractivity contribution in [2.24, 2.45) is 0 Å². The summed E-state index contributed by atoms with van der Waals surface area (Å²) in [7, 11) is 0. The Balaban J connectivity index is 2.07. The van der Waals surface area contributed by atoms with Crippen molar-refractivity contribution in [3.63, 3.8) is 0 Å². The van der Waals surface area contributed by atoms with Gasteiger partial charge in [0.05, 0.1) is 5.60 Å². The van der Waals surface area contributed by atoms with Crippen LogP contribution in [0.4, 0.5) is 10.1 Å². The highest BCUT2D eigenvalue weighted by molar-refractivity contribution is 5.99. The first-order valence-corrected chi connectivity index (χ1v) is 7.26. The summed E-state index contributed by atoms with van der Waals surface area (Å²) in [6, 6.07) is 4.38. The number of rotatable bonds is 4. The lowest BCUT2D eigenvalue weighted by Crippen LogP contribution is -2.50. The van der Waals surface area contributed by atoms with Crippen LogP contribution < -0.4 is 4.90 Å². The average Bonchev–Trinajstić information content (AvgIpc) is 2.38. The molecule has 1 aromatic carbocycles. The van der Waals surface area contributed by atoms with Crippen LogP contribution in [-0.4, -0.2) is 54.1 Å². The summed E-state index contributed by atoms with van der Waals surface area (Å²) in [5, 5.41) is 9.86. The molecule has 1 fully saturated rings. The largest absolute Gasteiger partial charge is 0.389 e. The zero-order valence-corrected chi connectivity index (χ0v) is 12.9. The number of halogens is 1. The Morgan fingerprint density at radius 2 is 1.90 bits per heavy atom. The standard InChI is InChI=1S/C16H23FN2O2/c1-12(20)14-10-13(17)4-5-15(14)19-8-6-18(7-9-19)11-16(2,3)21/h4-5,10,21H,6-9,11H2,1-3H3. The van der Waals surface area contributed by atoms with Gasteiger partial charge < -0.3 is 10.0 Å². The zero-order chi connectivity index (χ0) is 15.6. The van der Waals surface area contributed by atoms with Crippen LogP contribution in [0.25, 0.3) is 0 Å². The predicted molar refractivity (Wildman–Crippen MR) is 81.4 cm³/mol. The predicted octanol–water partition coefficient (Wildman–Crippen LogP) is 1.92. The fourth-order valence-electron chi connectivity index (χ4n) is 2.76. The van der Waals surface area contributed by atoms with Crippen molar-refractivity contribution in [1.82, 2.24) is 4.90 Å². The van der Waals surface area contributed by atoms with Crippen LogP contribution in [0.2, 0.25) is 0 Å². The van der Waals surface area contributed by atoms with Crippen LogP contribution >= 0.6 is 0 Å². The van der Waals surface area contributed by atoms with E-state index in [0.29, 0.717) is 12.1 Å². The van der Waals surface area contributed by atoms with E-state index in [9.17, 15) is 14.3 Å². The maximum atomic E-state index is 13.3. The van der Waals surface area contributed by atoms with Crippen molar-refractivity contribution in [1.29, 1.82) is 0 Å². The Morgan fingerprint density at radius 3 is 2.43 bits per heavy atom. The third-order valence-corrected chi connectivity index (χ3v) is 3.66. The van der Waals surface area contributed by atoms with Crippen molar-refractivity contribution < 1.29 is 14.3 Å². The molecule has 1 aromatic rings. The van der Waals surface area contributed by atoms with Crippen LogP contribution in [-0.2, 0) is 0 Å². The summed E-state index contributed by atoms with van der Waals surface area (Å²) in [4.78, 5) is 16.0. The van der Waals surface area contributed by atoms with Gasteiger partial charge in [-0.25, -0.2) is 4.39 Å². The number of ketones is 1. The molecule has 2 rings (SSSR count). The molecule has 0 amide bonds. The minimum atomic E-state index is -0.706. The molecule has 4 nitrogen and oxygen atoms in total. The summed E-state index contributed by atoms with van der Waals surface area (Å²) >= 11 is 0. The number of benzene rings is 1. The van der Waals surface area contributed by atoms with Gasteiger partial charge in [-0.2, -0.15) is 0 Å². The Bertz CT molecular complexity index is 517. The van der Waals surface area contributed by atoms with Crippen LogP contribution in [0.15, 0.2) is 18.2 Å². The number of nitrogens with zero attached hydrogens (tertiary/aromatic N) is 2. The highest BCUT2D eigenvalue weighted by Gasteiger charge is 2.24. The van der Waals surface area contributed by atoms with Crippen LogP contribution in [0.1, 0.15) is 31.1 Å². The van der Waals surface area contributed by atoms with Crippen molar-refractivity contribution in [2.75, 3.05) is 37.6 Å². The second-order valence-corrected chi connectivity index (χ2v) is 6.29. The molecule has 0 bridgehead atoms. The number of hydrogen-bond acceptors (Lipinski definition) is 4. The molecule has 0 radical (unpaired) electrons. The molecule has 0 aromatic heterocycles. The SMILES string of the molecule is CC(=O)c1cc(F)ccc1N1CCN(CC(C)(C)O)CC1. The maximum absolute atomic E-state index is 13.3. The minimum Gasteiger partial charge on any atom is -0.389 e. The summed E-state index contributed by atoms with van der Waals surface area (Å²) in [5.74, 6) is -0.506. The monoisotopic (exact) mass is 294 g/mol. The van der Waals surface area contributed by atoms with E-state index in [1.807, 2.05) is 0 Å². The molecule has 0 aliphatic carbocycles. The van der Waals surface area contributed by atoms with Gasteiger partial charge in [-0.3, -0.25) is 9.69 Å². The number of carbonyl (C=O) groups is 1. The van der Waals surface area contributed by atoms with Gasteiger partial charge in [0.25, 0.3) is 0 Å². The fraction of sp³-hybridized carbons (Fsp3) is 0.562. The lowest BCUT2D eigenvalue weighted by Gasteiger charge is -2.38. The molecule has 0 saturated carbocycles. The van der Waals surface area contributed by atoms with E-state index in [-0.39, 0.29) is 11.6 Å². The third kappa shape index (κ3) is 4.25. The molecule has 0 spiro atoms.